The van der Waals surface area contributed by atoms with Gasteiger partial charge in [0.05, 0.1) is 29.5 Å². The fourth-order valence-electron chi connectivity index (χ4n) is 3.92. The van der Waals surface area contributed by atoms with Crippen molar-refractivity contribution in [3.8, 4) is 5.75 Å². The van der Waals surface area contributed by atoms with Gasteiger partial charge in [0, 0.05) is 12.1 Å². The molecule has 0 unspecified atom stereocenters. The van der Waals surface area contributed by atoms with Crippen LogP contribution in [0.1, 0.15) is 36.1 Å². The third-order valence-corrected chi connectivity index (χ3v) is 8.90. The quantitative estimate of drug-likeness (QED) is 0.483. The summed E-state index contributed by atoms with van der Waals surface area (Å²) in [7, 11) is -5.83. The van der Waals surface area contributed by atoms with Crippen molar-refractivity contribution in [2.75, 3.05) is 17.6 Å². The highest BCUT2D eigenvalue weighted by atomic mass is 32.2. The fraction of sp³-hybridized carbons (Fsp3) is 0.240. The topological polar surface area (TPSA) is 105 Å². The molecule has 3 aromatic carbocycles. The van der Waals surface area contributed by atoms with E-state index in [2.05, 4.69) is 9.82 Å². The Morgan fingerprint density at radius 1 is 0.971 bits per heavy atom. The third kappa shape index (κ3) is 5.18. The zero-order chi connectivity index (χ0) is 25.2. The number of sulfonamides is 2. The molecule has 0 spiro atoms. The van der Waals surface area contributed by atoms with Crippen molar-refractivity contribution in [3.05, 3.63) is 89.5 Å². The first-order valence-corrected chi connectivity index (χ1v) is 14.2. The highest BCUT2D eigenvalue weighted by Gasteiger charge is 2.38. The van der Waals surface area contributed by atoms with Gasteiger partial charge in [0.25, 0.3) is 10.0 Å². The number of anilines is 1. The number of hydrazone groups is 1. The molecule has 1 aliphatic heterocycles. The van der Waals surface area contributed by atoms with E-state index in [1.54, 1.807) is 43.3 Å². The lowest BCUT2D eigenvalue weighted by atomic mass is 9.96. The molecule has 0 amide bonds. The van der Waals surface area contributed by atoms with Crippen LogP contribution in [0.15, 0.2) is 82.8 Å². The third-order valence-electron chi connectivity index (χ3n) is 5.90. The van der Waals surface area contributed by atoms with Crippen LogP contribution in [0.5, 0.6) is 5.75 Å². The Kier molecular flexibility index (Phi) is 6.86. The second-order valence-electron chi connectivity index (χ2n) is 8.16. The SMILES string of the molecule is CCS(=O)(=O)Nc1ccc(C2=NN(S(=O)(=O)c3ccc(OC)cc3)[C@@H](c3ccccc3C)C2)cc1. The molecule has 0 saturated heterocycles. The van der Waals surface area contributed by atoms with Gasteiger partial charge in [0.2, 0.25) is 10.0 Å². The normalized spacial score (nSPS) is 16.1. The number of nitrogens with zero attached hydrogens (tertiary/aromatic N) is 2. The summed E-state index contributed by atoms with van der Waals surface area (Å²) in [6.07, 6.45) is 0.375. The summed E-state index contributed by atoms with van der Waals surface area (Å²) in [4.78, 5) is 0.117. The van der Waals surface area contributed by atoms with E-state index in [9.17, 15) is 16.8 Å². The number of hydrogen-bond acceptors (Lipinski definition) is 6. The van der Waals surface area contributed by atoms with Crippen molar-refractivity contribution in [3.63, 3.8) is 0 Å². The molecule has 1 heterocycles. The van der Waals surface area contributed by atoms with E-state index in [1.165, 1.54) is 23.7 Å². The summed E-state index contributed by atoms with van der Waals surface area (Å²) in [5.41, 5.74) is 3.59. The van der Waals surface area contributed by atoms with Crippen molar-refractivity contribution >= 4 is 31.4 Å². The number of hydrogen-bond donors (Lipinski definition) is 1. The molecule has 1 aliphatic rings. The largest absolute Gasteiger partial charge is 0.497 e. The predicted molar refractivity (Wildman–Crippen MR) is 137 cm³/mol. The number of ether oxygens (including phenoxy) is 1. The molecule has 0 saturated carbocycles. The minimum absolute atomic E-state index is 0.0300. The lowest BCUT2D eigenvalue weighted by Gasteiger charge is -2.24. The van der Waals surface area contributed by atoms with E-state index >= 15 is 0 Å². The van der Waals surface area contributed by atoms with Crippen LogP contribution in [0.3, 0.4) is 0 Å². The molecule has 0 aromatic heterocycles. The molecule has 3 aromatic rings. The number of aryl methyl sites for hydroxylation is 1. The molecule has 0 radical (unpaired) electrons. The first-order chi connectivity index (χ1) is 16.6. The van der Waals surface area contributed by atoms with Crippen molar-refractivity contribution in [2.24, 2.45) is 5.10 Å². The van der Waals surface area contributed by atoms with Gasteiger partial charge in [-0.25, -0.2) is 8.42 Å². The first-order valence-electron chi connectivity index (χ1n) is 11.1. The molecule has 10 heteroatoms. The molecule has 1 atom stereocenters. The van der Waals surface area contributed by atoms with Gasteiger partial charge in [0.15, 0.2) is 0 Å². The van der Waals surface area contributed by atoms with Gasteiger partial charge in [-0.05, 0) is 66.9 Å². The van der Waals surface area contributed by atoms with Crippen LogP contribution in [0.25, 0.3) is 0 Å². The van der Waals surface area contributed by atoms with E-state index in [0.29, 0.717) is 23.6 Å². The molecule has 0 aliphatic carbocycles. The Morgan fingerprint density at radius 2 is 1.63 bits per heavy atom. The van der Waals surface area contributed by atoms with Crippen LogP contribution in [-0.4, -0.2) is 39.8 Å². The monoisotopic (exact) mass is 513 g/mol. The molecule has 0 fully saturated rings. The van der Waals surface area contributed by atoms with Gasteiger partial charge >= 0.3 is 0 Å². The highest BCUT2D eigenvalue weighted by Crippen LogP contribution is 2.38. The molecular formula is C25H27N3O5S2. The lowest BCUT2D eigenvalue weighted by molar-refractivity contribution is 0.370. The smallest absolute Gasteiger partial charge is 0.279 e. The van der Waals surface area contributed by atoms with Crippen LogP contribution in [0, 0.1) is 6.92 Å². The molecular weight excluding hydrogens is 486 g/mol. The summed E-state index contributed by atoms with van der Waals surface area (Å²) in [6, 6.07) is 20.1. The van der Waals surface area contributed by atoms with E-state index in [0.717, 1.165) is 16.7 Å². The molecule has 1 N–H and O–H groups in total. The number of nitrogens with one attached hydrogen (secondary N) is 1. The van der Waals surface area contributed by atoms with Crippen molar-refractivity contribution in [1.29, 1.82) is 0 Å². The summed E-state index contributed by atoms with van der Waals surface area (Å²) in [5, 5.41) is 4.56. The Bertz CT molecular complexity index is 1450. The van der Waals surface area contributed by atoms with Gasteiger partial charge in [-0.15, -0.1) is 0 Å². The van der Waals surface area contributed by atoms with E-state index in [-0.39, 0.29) is 10.6 Å². The van der Waals surface area contributed by atoms with Crippen molar-refractivity contribution in [2.45, 2.75) is 31.2 Å². The maximum absolute atomic E-state index is 13.7. The zero-order valence-corrected chi connectivity index (χ0v) is 21.3. The van der Waals surface area contributed by atoms with Crippen molar-refractivity contribution < 1.29 is 21.6 Å². The standard InChI is InChI=1S/C25H27N3O5S2/c1-4-34(29,30)27-20-11-9-19(10-12-20)24-17-25(23-8-6-5-7-18(23)2)28(26-24)35(31,32)22-15-13-21(33-3)14-16-22/h5-16,25,27H,4,17H2,1-3H3/t25-/m1/s1. The molecule has 8 nitrogen and oxygen atoms in total. The van der Waals surface area contributed by atoms with Gasteiger partial charge in [-0.3, -0.25) is 4.72 Å². The second kappa shape index (κ2) is 9.71. The van der Waals surface area contributed by atoms with Gasteiger partial charge in [-0.1, -0.05) is 36.4 Å². The Morgan fingerprint density at radius 3 is 2.23 bits per heavy atom. The first kappa shape index (κ1) is 24.7. The maximum atomic E-state index is 13.7. The molecule has 184 valence electrons. The van der Waals surface area contributed by atoms with Gasteiger partial charge < -0.3 is 4.74 Å². The van der Waals surface area contributed by atoms with Crippen LogP contribution in [0.2, 0.25) is 0 Å². The second-order valence-corrected chi connectivity index (χ2v) is 12.0. The summed E-state index contributed by atoms with van der Waals surface area (Å²) < 4.78 is 59.9. The predicted octanol–water partition coefficient (Wildman–Crippen LogP) is 4.31. The van der Waals surface area contributed by atoms with Crippen LogP contribution in [-0.2, 0) is 20.0 Å². The summed E-state index contributed by atoms with van der Waals surface area (Å²) >= 11 is 0. The lowest BCUT2D eigenvalue weighted by Crippen LogP contribution is -2.27. The average molecular weight is 514 g/mol. The Hall–Kier alpha value is -3.37. The summed E-state index contributed by atoms with van der Waals surface area (Å²) in [5.74, 6) is 0.529. The van der Waals surface area contributed by atoms with Crippen LogP contribution in [0.4, 0.5) is 5.69 Å². The number of rotatable bonds is 8. The molecule has 0 bridgehead atoms. The maximum Gasteiger partial charge on any atom is 0.279 e. The van der Waals surface area contributed by atoms with E-state index < -0.39 is 26.1 Å². The van der Waals surface area contributed by atoms with E-state index in [1.807, 2.05) is 31.2 Å². The number of methoxy groups -OCH3 is 1. The summed E-state index contributed by atoms with van der Waals surface area (Å²) in [6.45, 7) is 3.51. The van der Waals surface area contributed by atoms with Gasteiger partial charge in [-0.2, -0.15) is 17.9 Å². The zero-order valence-electron chi connectivity index (χ0n) is 19.7. The minimum atomic E-state index is -3.96. The Balaban J connectivity index is 1.73. The average Bonchev–Trinajstić information content (AvgIpc) is 3.31. The number of benzene rings is 3. The van der Waals surface area contributed by atoms with E-state index in [4.69, 9.17) is 4.74 Å². The van der Waals surface area contributed by atoms with Crippen LogP contribution < -0.4 is 9.46 Å². The van der Waals surface area contributed by atoms with Gasteiger partial charge in [0.1, 0.15) is 5.75 Å². The molecule has 4 rings (SSSR count). The van der Waals surface area contributed by atoms with Crippen LogP contribution >= 0.6 is 0 Å². The highest BCUT2D eigenvalue weighted by molar-refractivity contribution is 7.92. The van der Waals surface area contributed by atoms with Crippen molar-refractivity contribution in [1.82, 2.24) is 4.41 Å². The minimum Gasteiger partial charge on any atom is -0.497 e. The molecule has 35 heavy (non-hydrogen) atoms. The Labute approximate surface area is 206 Å². The fourth-order valence-corrected chi connectivity index (χ4v) is 5.98.